The summed E-state index contributed by atoms with van der Waals surface area (Å²) in [4.78, 5) is 13.5. The summed E-state index contributed by atoms with van der Waals surface area (Å²) in [6.45, 7) is 7.39. The van der Waals surface area contributed by atoms with Crippen molar-refractivity contribution in [2.75, 3.05) is 45.2 Å². The normalized spacial score (nSPS) is 17.4. The molecule has 1 aromatic heterocycles. The molecule has 2 heterocycles. The van der Waals surface area contributed by atoms with Crippen molar-refractivity contribution in [3.05, 3.63) is 18.0 Å². The van der Waals surface area contributed by atoms with E-state index in [2.05, 4.69) is 46.1 Å². The molecule has 5 nitrogen and oxygen atoms in total. The Bertz CT molecular complexity index is 384. The van der Waals surface area contributed by atoms with Crippen LogP contribution < -0.4 is 10.2 Å². The Kier molecular flexibility index (Phi) is 5.73. The van der Waals surface area contributed by atoms with Gasteiger partial charge in [0, 0.05) is 38.1 Å². The smallest absolute Gasteiger partial charge is 0.225 e. The molecule has 2 rings (SSSR count). The zero-order valence-corrected chi connectivity index (χ0v) is 13.0. The fourth-order valence-corrected chi connectivity index (χ4v) is 2.62. The molecule has 0 spiro atoms. The zero-order chi connectivity index (χ0) is 14.4. The molecule has 0 unspecified atom stereocenters. The van der Waals surface area contributed by atoms with E-state index in [4.69, 9.17) is 0 Å². The highest BCUT2D eigenvalue weighted by Crippen LogP contribution is 2.18. The van der Waals surface area contributed by atoms with E-state index in [0.717, 1.165) is 37.1 Å². The molecule has 0 radical (unpaired) electrons. The summed E-state index contributed by atoms with van der Waals surface area (Å²) in [5, 5.41) is 3.28. The summed E-state index contributed by atoms with van der Waals surface area (Å²) in [7, 11) is 4.30. The predicted molar refractivity (Wildman–Crippen MR) is 82.9 cm³/mol. The Morgan fingerprint density at radius 1 is 1.30 bits per heavy atom. The second-order valence-electron chi connectivity index (χ2n) is 5.80. The largest absolute Gasteiger partial charge is 0.344 e. The number of nitrogens with one attached hydrogen (secondary N) is 1. The maximum Gasteiger partial charge on any atom is 0.225 e. The second kappa shape index (κ2) is 7.55. The maximum atomic E-state index is 4.48. The van der Waals surface area contributed by atoms with Crippen molar-refractivity contribution < 1.29 is 0 Å². The molecule has 1 fully saturated rings. The molecule has 1 aliphatic rings. The van der Waals surface area contributed by atoms with Gasteiger partial charge in [0.05, 0.1) is 0 Å². The fourth-order valence-electron chi connectivity index (χ4n) is 2.62. The Morgan fingerprint density at radius 2 is 1.95 bits per heavy atom. The predicted octanol–water partition coefficient (Wildman–Crippen LogP) is 1.36. The van der Waals surface area contributed by atoms with Gasteiger partial charge in [-0.1, -0.05) is 6.92 Å². The molecule has 0 saturated carbocycles. The van der Waals surface area contributed by atoms with Crippen molar-refractivity contribution in [3.63, 3.8) is 0 Å². The highest BCUT2D eigenvalue weighted by molar-refractivity contribution is 5.28. The summed E-state index contributed by atoms with van der Waals surface area (Å²) in [5.74, 6) is 1.60. The zero-order valence-electron chi connectivity index (χ0n) is 13.0. The molecular formula is C15H27N5. The van der Waals surface area contributed by atoms with Crippen molar-refractivity contribution in [3.8, 4) is 0 Å². The van der Waals surface area contributed by atoms with Gasteiger partial charge in [-0.2, -0.15) is 0 Å². The monoisotopic (exact) mass is 277 g/mol. The number of likely N-dealkylation sites (tertiary alicyclic amines) is 1. The third-order valence-electron chi connectivity index (χ3n) is 3.98. The minimum Gasteiger partial charge on any atom is -0.344 e. The van der Waals surface area contributed by atoms with E-state index in [-0.39, 0.29) is 0 Å². The first kappa shape index (κ1) is 15.2. The van der Waals surface area contributed by atoms with Gasteiger partial charge in [-0.05, 0) is 45.4 Å². The van der Waals surface area contributed by atoms with Crippen LogP contribution in [0.5, 0.6) is 0 Å². The second-order valence-corrected chi connectivity index (χ2v) is 5.80. The summed E-state index contributed by atoms with van der Waals surface area (Å²) < 4.78 is 0. The van der Waals surface area contributed by atoms with Crippen molar-refractivity contribution in [2.45, 2.75) is 26.3 Å². The quantitative estimate of drug-likeness (QED) is 0.850. The van der Waals surface area contributed by atoms with E-state index in [1.807, 2.05) is 12.4 Å². The molecule has 0 amide bonds. The topological polar surface area (TPSA) is 44.3 Å². The molecule has 0 aromatic carbocycles. The van der Waals surface area contributed by atoms with Gasteiger partial charge >= 0.3 is 0 Å². The molecule has 1 aliphatic heterocycles. The Balaban J connectivity index is 1.84. The molecule has 1 saturated heterocycles. The number of hydrogen-bond donors (Lipinski definition) is 1. The van der Waals surface area contributed by atoms with E-state index in [0.29, 0.717) is 0 Å². The van der Waals surface area contributed by atoms with Crippen LogP contribution in [0, 0.1) is 5.92 Å². The van der Waals surface area contributed by atoms with Crippen LogP contribution in [0.15, 0.2) is 12.4 Å². The molecule has 0 bridgehead atoms. The molecule has 0 atom stereocenters. The SMILES string of the molecule is CCNCc1cnc(N(C)CC2CCN(C)CC2)nc1. The van der Waals surface area contributed by atoms with Gasteiger partial charge in [0.25, 0.3) is 0 Å². The van der Waals surface area contributed by atoms with Gasteiger partial charge in [0.1, 0.15) is 0 Å². The van der Waals surface area contributed by atoms with Crippen molar-refractivity contribution >= 4 is 5.95 Å². The fraction of sp³-hybridized carbons (Fsp3) is 0.733. The molecule has 20 heavy (non-hydrogen) atoms. The van der Waals surface area contributed by atoms with Gasteiger partial charge in [-0.15, -0.1) is 0 Å². The van der Waals surface area contributed by atoms with Gasteiger partial charge in [0.2, 0.25) is 5.95 Å². The lowest BCUT2D eigenvalue weighted by Crippen LogP contribution is -2.36. The molecule has 0 aliphatic carbocycles. The lowest BCUT2D eigenvalue weighted by molar-refractivity contribution is 0.222. The molecule has 1 aromatic rings. The van der Waals surface area contributed by atoms with Crippen LogP contribution in [0.1, 0.15) is 25.3 Å². The summed E-state index contributed by atoms with van der Waals surface area (Å²) in [5.41, 5.74) is 1.14. The van der Waals surface area contributed by atoms with Gasteiger partial charge in [0.15, 0.2) is 0 Å². The highest BCUT2D eigenvalue weighted by Gasteiger charge is 2.19. The number of rotatable bonds is 6. The number of anilines is 1. The summed E-state index contributed by atoms with van der Waals surface area (Å²) in [6, 6.07) is 0. The first-order valence-corrected chi connectivity index (χ1v) is 7.60. The van der Waals surface area contributed by atoms with E-state index in [1.165, 1.54) is 25.9 Å². The number of hydrogen-bond acceptors (Lipinski definition) is 5. The lowest BCUT2D eigenvalue weighted by atomic mass is 9.97. The van der Waals surface area contributed by atoms with Crippen molar-refractivity contribution in [2.24, 2.45) is 5.92 Å². The first-order chi connectivity index (χ1) is 9.69. The standard InChI is InChI=1S/C15H27N5/c1-4-16-9-14-10-17-15(18-11-14)20(3)12-13-5-7-19(2)8-6-13/h10-11,13,16H,4-9,12H2,1-3H3. The van der Waals surface area contributed by atoms with Crippen LogP contribution in [0.4, 0.5) is 5.95 Å². The number of nitrogens with zero attached hydrogens (tertiary/aromatic N) is 4. The Morgan fingerprint density at radius 3 is 2.55 bits per heavy atom. The molecular weight excluding hydrogens is 250 g/mol. The lowest BCUT2D eigenvalue weighted by Gasteiger charge is -2.31. The van der Waals surface area contributed by atoms with Gasteiger partial charge in [-0.3, -0.25) is 0 Å². The third-order valence-corrected chi connectivity index (χ3v) is 3.98. The number of piperidine rings is 1. The Labute approximate surface area is 122 Å². The number of aromatic nitrogens is 2. The van der Waals surface area contributed by atoms with Crippen LogP contribution in [-0.2, 0) is 6.54 Å². The van der Waals surface area contributed by atoms with E-state index >= 15 is 0 Å². The molecule has 1 N–H and O–H groups in total. The maximum absolute atomic E-state index is 4.48. The van der Waals surface area contributed by atoms with E-state index in [9.17, 15) is 0 Å². The summed E-state index contributed by atoms with van der Waals surface area (Å²) in [6.07, 6.45) is 6.41. The van der Waals surface area contributed by atoms with Gasteiger partial charge in [-0.25, -0.2) is 9.97 Å². The third kappa shape index (κ3) is 4.42. The molecule has 112 valence electrons. The van der Waals surface area contributed by atoms with Crippen LogP contribution in [0.25, 0.3) is 0 Å². The minimum absolute atomic E-state index is 0.765. The van der Waals surface area contributed by atoms with E-state index in [1.54, 1.807) is 0 Å². The minimum atomic E-state index is 0.765. The average molecular weight is 277 g/mol. The average Bonchev–Trinajstić information content (AvgIpc) is 2.48. The Hall–Kier alpha value is -1.20. The highest BCUT2D eigenvalue weighted by atomic mass is 15.2. The van der Waals surface area contributed by atoms with E-state index < -0.39 is 0 Å². The van der Waals surface area contributed by atoms with Crippen molar-refractivity contribution in [1.29, 1.82) is 0 Å². The molecule has 5 heteroatoms. The van der Waals surface area contributed by atoms with Crippen LogP contribution >= 0.6 is 0 Å². The summed E-state index contributed by atoms with van der Waals surface area (Å²) >= 11 is 0. The van der Waals surface area contributed by atoms with Crippen molar-refractivity contribution in [1.82, 2.24) is 20.2 Å². The van der Waals surface area contributed by atoms with Crippen LogP contribution in [-0.4, -0.2) is 55.1 Å². The van der Waals surface area contributed by atoms with Gasteiger partial charge < -0.3 is 15.1 Å². The first-order valence-electron chi connectivity index (χ1n) is 7.60. The van der Waals surface area contributed by atoms with Crippen LogP contribution in [0.3, 0.4) is 0 Å². The van der Waals surface area contributed by atoms with Crippen LogP contribution in [0.2, 0.25) is 0 Å².